The molecule has 0 aromatic rings. The van der Waals surface area contributed by atoms with E-state index in [9.17, 15) is 9.59 Å². The Kier molecular flexibility index (Phi) is 5.54. The fourth-order valence-corrected chi connectivity index (χ4v) is 4.19. The molecule has 0 radical (unpaired) electrons. The van der Waals surface area contributed by atoms with Crippen LogP contribution >= 0.6 is 0 Å². The van der Waals surface area contributed by atoms with E-state index in [4.69, 9.17) is 0 Å². The number of hydrogen-bond donors (Lipinski definition) is 2. The van der Waals surface area contributed by atoms with Gasteiger partial charge in [-0.05, 0) is 45.3 Å². The molecular weight excluding hydrogens is 292 g/mol. The van der Waals surface area contributed by atoms with Crippen molar-refractivity contribution in [2.45, 2.75) is 51.1 Å². The SMILES string of the molecule is CCN1CCCC1CN1CC(C(=O)NC2CCCNC2)CC1=O. The van der Waals surface area contributed by atoms with Gasteiger partial charge in [0.1, 0.15) is 0 Å². The highest BCUT2D eigenvalue weighted by atomic mass is 16.2. The lowest BCUT2D eigenvalue weighted by molar-refractivity contribution is -0.129. The highest BCUT2D eigenvalue weighted by Gasteiger charge is 2.37. The van der Waals surface area contributed by atoms with E-state index in [1.54, 1.807) is 0 Å². The van der Waals surface area contributed by atoms with Crippen LogP contribution < -0.4 is 10.6 Å². The van der Waals surface area contributed by atoms with E-state index in [1.165, 1.54) is 12.8 Å². The minimum atomic E-state index is -0.166. The number of carbonyl (C=O) groups excluding carboxylic acids is 2. The summed E-state index contributed by atoms with van der Waals surface area (Å²) in [7, 11) is 0. The van der Waals surface area contributed by atoms with Gasteiger partial charge in [0.2, 0.25) is 11.8 Å². The Morgan fingerprint density at radius 2 is 2.22 bits per heavy atom. The van der Waals surface area contributed by atoms with Crippen LogP contribution in [0, 0.1) is 5.92 Å². The van der Waals surface area contributed by atoms with Gasteiger partial charge >= 0.3 is 0 Å². The molecule has 0 aromatic heterocycles. The molecule has 6 nitrogen and oxygen atoms in total. The summed E-state index contributed by atoms with van der Waals surface area (Å²) >= 11 is 0. The van der Waals surface area contributed by atoms with Crippen molar-refractivity contribution < 1.29 is 9.59 Å². The van der Waals surface area contributed by atoms with Crippen LogP contribution in [0.1, 0.15) is 39.0 Å². The summed E-state index contributed by atoms with van der Waals surface area (Å²) in [6, 6.07) is 0.708. The van der Waals surface area contributed by atoms with Gasteiger partial charge in [0, 0.05) is 38.1 Å². The van der Waals surface area contributed by atoms with Gasteiger partial charge in [0.15, 0.2) is 0 Å². The number of hydrogen-bond acceptors (Lipinski definition) is 4. The molecular formula is C17H30N4O2. The summed E-state index contributed by atoms with van der Waals surface area (Å²) in [5.41, 5.74) is 0. The summed E-state index contributed by atoms with van der Waals surface area (Å²) in [4.78, 5) is 29.1. The molecule has 0 bridgehead atoms. The van der Waals surface area contributed by atoms with Crippen molar-refractivity contribution in [2.24, 2.45) is 5.92 Å². The zero-order chi connectivity index (χ0) is 16.2. The van der Waals surface area contributed by atoms with Crippen LogP contribution in [0.3, 0.4) is 0 Å². The van der Waals surface area contributed by atoms with E-state index in [0.29, 0.717) is 19.0 Å². The molecule has 3 heterocycles. The molecule has 0 saturated carbocycles. The van der Waals surface area contributed by atoms with Crippen molar-refractivity contribution in [3.63, 3.8) is 0 Å². The Bertz CT molecular complexity index is 436. The first kappa shape index (κ1) is 16.7. The monoisotopic (exact) mass is 322 g/mol. The largest absolute Gasteiger partial charge is 0.352 e. The third-order valence-electron chi connectivity index (χ3n) is 5.56. The number of piperidine rings is 1. The van der Waals surface area contributed by atoms with Gasteiger partial charge in [0.05, 0.1) is 5.92 Å². The van der Waals surface area contributed by atoms with Gasteiger partial charge in [0.25, 0.3) is 0 Å². The van der Waals surface area contributed by atoms with E-state index in [0.717, 1.165) is 45.6 Å². The van der Waals surface area contributed by atoms with Crippen molar-refractivity contribution in [1.82, 2.24) is 20.4 Å². The fraction of sp³-hybridized carbons (Fsp3) is 0.882. The molecule has 3 atom stereocenters. The van der Waals surface area contributed by atoms with Crippen LogP contribution in [0.5, 0.6) is 0 Å². The van der Waals surface area contributed by atoms with Gasteiger partial charge < -0.3 is 15.5 Å². The smallest absolute Gasteiger partial charge is 0.225 e. The maximum absolute atomic E-state index is 12.4. The maximum atomic E-state index is 12.4. The quantitative estimate of drug-likeness (QED) is 0.758. The third-order valence-corrected chi connectivity index (χ3v) is 5.56. The lowest BCUT2D eigenvalue weighted by Crippen LogP contribution is -2.48. The van der Waals surface area contributed by atoms with Gasteiger partial charge in [-0.15, -0.1) is 0 Å². The summed E-state index contributed by atoms with van der Waals surface area (Å²) in [5, 5.41) is 6.44. The standard InChI is InChI=1S/C17H30N4O2/c1-2-20-8-4-6-15(20)12-21-11-13(9-16(21)22)17(23)19-14-5-3-7-18-10-14/h13-15,18H,2-12H2,1H3,(H,19,23). The second-order valence-corrected chi connectivity index (χ2v) is 7.18. The summed E-state index contributed by atoms with van der Waals surface area (Å²) in [6.07, 6.45) is 4.91. The lowest BCUT2D eigenvalue weighted by Gasteiger charge is -2.28. The van der Waals surface area contributed by atoms with Crippen molar-refractivity contribution >= 4 is 11.8 Å². The molecule has 3 unspecified atom stereocenters. The van der Waals surface area contributed by atoms with Crippen LogP contribution in [0.15, 0.2) is 0 Å². The van der Waals surface area contributed by atoms with E-state index >= 15 is 0 Å². The first-order valence-electron chi connectivity index (χ1n) is 9.20. The van der Waals surface area contributed by atoms with Crippen LogP contribution in [0.2, 0.25) is 0 Å². The predicted molar refractivity (Wildman–Crippen MR) is 89.0 cm³/mol. The van der Waals surface area contributed by atoms with Crippen LogP contribution in [0.25, 0.3) is 0 Å². The molecule has 0 spiro atoms. The van der Waals surface area contributed by atoms with Crippen LogP contribution in [-0.4, -0.2) is 73.0 Å². The third kappa shape index (κ3) is 4.04. The van der Waals surface area contributed by atoms with Gasteiger partial charge in [-0.3, -0.25) is 14.5 Å². The lowest BCUT2D eigenvalue weighted by atomic mass is 10.0. The number of rotatable bonds is 5. The predicted octanol–water partition coefficient (Wildman–Crippen LogP) is 0.187. The zero-order valence-corrected chi connectivity index (χ0v) is 14.2. The average molecular weight is 322 g/mol. The number of amides is 2. The highest BCUT2D eigenvalue weighted by Crippen LogP contribution is 2.23. The molecule has 3 rings (SSSR count). The molecule has 3 aliphatic heterocycles. The number of nitrogens with zero attached hydrogens (tertiary/aromatic N) is 2. The minimum Gasteiger partial charge on any atom is -0.352 e. The normalized spacial score (nSPS) is 32.5. The molecule has 3 saturated heterocycles. The molecule has 3 aliphatic rings. The van der Waals surface area contributed by atoms with Crippen LogP contribution in [-0.2, 0) is 9.59 Å². The second kappa shape index (κ2) is 7.62. The van der Waals surface area contributed by atoms with Crippen molar-refractivity contribution in [2.75, 3.05) is 39.3 Å². The molecule has 2 N–H and O–H groups in total. The Balaban J connectivity index is 1.49. The number of likely N-dealkylation sites (N-methyl/N-ethyl adjacent to an activating group) is 1. The number of nitrogens with one attached hydrogen (secondary N) is 2. The van der Waals surface area contributed by atoms with E-state index < -0.39 is 0 Å². The minimum absolute atomic E-state index is 0.0633. The average Bonchev–Trinajstić information content (AvgIpc) is 3.15. The van der Waals surface area contributed by atoms with Crippen molar-refractivity contribution in [3.05, 3.63) is 0 Å². The summed E-state index contributed by atoms with van der Waals surface area (Å²) in [5.74, 6) is 0.0455. The second-order valence-electron chi connectivity index (χ2n) is 7.18. The van der Waals surface area contributed by atoms with Crippen molar-refractivity contribution in [1.29, 1.82) is 0 Å². The molecule has 0 aromatic carbocycles. The van der Waals surface area contributed by atoms with E-state index in [1.807, 2.05) is 4.90 Å². The number of carbonyl (C=O) groups is 2. The topological polar surface area (TPSA) is 64.7 Å². The molecule has 3 fully saturated rings. The first-order valence-corrected chi connectivity index (χ1v) is 9.20. The van der Waals surface area contributed by atoms with Crippen LogP contribution in [0.4, 0.5) is 0 Å². The molecule has 23 heavy (non-hydrogen) atoms. The molecule has 130 valence electrons. The first-order chi connectivity index (χ1) is 11.2. The zero-order valence-electron chi connectivity index (χ0n) is 14.2. The maximum Gasteiger partial charge on any atom is 0.225 e. The summed E-state index contributed by atoms with van der Waals surface area (Å²) < 4.78 is 0. The van der Waals surface area contributed by atoms with E-state index in [-0.39, 0.29) is 23.8 Å². The molecule has 0 aliphatic carbocycles. The Morgan fingerprint density at radius 1 is 1.35 bits per heavy atom. The van der Waals surface area contributed by atoms with Gasteiger partial charge in [-0.2, -0.15) is 0 Å². The van der Waals surface area contributed by atoms with Gasteiger partial charge in [-0.1, -0.05) is 6.92 Å². The highest BCUT2D eigenvalue weighted by molar-refractivity contribution is 5.89. The number of likely N-dealkylation sites (tertiary alicyclic amines) is 2. The molecule has 2 amide bonds. The molecule has 6 heteroatoms. The van der Waals surface area contributed by atoms with E-state index in [2.05, 4.69) is 22.5 Å². The Morgan fingerprint density at radius 3 is 2.96 bits per heavy atom. The Labute approximate surface area is 139 Å². The fourth-order valence-electron chi connectivity index (χ4n) is 4.19. The van der Waals surface area contributed by atoms with Crippen molar-refractivity contribution in [3.8, 4) is 0 Å². The Hall–Kier alpha value is -1.14. The summed E-state index contributed by atoms with van der Waals surface area (Å²) in [6.45, 7) is 7.65. The van der Waals surface area contributed by atoms with Gasteiger partial charge in [-0.25, -0.2) is 0 Å².